The van der Waals surface area contributed by atoms with Crippen molar-refractivity contribution in [1.29, 1.82) is 0 Å². The number of hydrogen-bond acceptors (Lipinski definition) is 1. The SMILES string of the molecule is FC(F)(F)c1ccc(-n2c(P(c3ccccc3)c3ccccc3)nc3ccccc32)cc1. The summed E-state index contributed by atoms with van der Waals surface area (Å²) in [5.74, 6) is 0. The first-order chi connectivity index (χ1) is 15.5. The zero-order valence-electron chi connectivity index (χ0n) is 16.9. The molecule has 0 aliphatic heterocycles. The van der Waals surface area contributed by atoms with Crippen LogP contribution in [0.25, 0.3) is 16.7 Å². The van der Waals surface area contributed by atoms with Crippen molar-refractivity contribution >= 4 is 35.1 Å². The maximum atomic E-state index is 13.1. The van der Waals surface area contributed by atoms with Gasteiger partial charge in [-0.25, -0.2) is 4.98 Å². The number of alkyl halides is 3. The Bertz CT molecular complexity index is 1310. The van der Waals surface area contributed by atoms with Crippen LogP contribution in [0.3, 0.4) is 0 Å². The summed E-state index contributed by atoms with van der Waals surface area (Å²) < 4.78 is 41.4. The molecule has 158 valence electrons. The predicted octanol–water partition coefficient (Wildman–Crippen LogP) is 5.80. The van der Waals surface area contributed by atoms with E-state index in [1.807, 2.05) is 65.2 Å². The summed E-state index contributed by atoms with van der Waals surface area (Å²) in [6.45, 7) is 0. The number of rotatable bonds is 4. The first kappa shape index (κ1) is 20.5. The molecule has 0 radical (unpaired) electrons. The molecule has 0 unspecified atom stereocenters. The van der Waals surface area contributed by atoms with Crippen LogP contribution in [0.4, 0.5) is 13.2 Å². The van der Waals surface area contributed by atoms with Crippen LogP contribution in [0, 0.1) is 0 Å². The van der Waals surface area contributed by atoms with Crippen LogP contribution >= 0.6 is 7.92 Å². The fourth-order valence-corrected chi connectivity index (χ4v) is 6.08. The zero-order valence-corrected chi connectivity index (χ0v) is 17.8. The molecule has 32 heavy (non-hydrogen) atoms. The summed E-state index contributed by atoms with van der Waals surface area (Å²) in [5.41, 5.74) is 2.48. The predicted molar refractivity (Wildman–Crippen MR) is 125 cm³/mol. The molecule has 0 aliphatic carbocycles. The van der Waals surface area contributed by atoms with Gasteiger partial charge in [0.05, 0.1) is 16.6 Å². The van der Waals surface area contributed by atoms with Gasteiger partial charge in [0.2, 0.25) is 0 Å². The van der Waals surface area contributed by atoms with Gasteiger partial charge in [-0.3, -0.25) is 4.57 Å². The van der Waals surface area contributed by atoms with Gasteiger partial charge in [0, 0.05) is 13.6 Å². The average molecular weight is 446 g/mol. The highest BCUT2D eigenvalue weighted by Gasteiger charge is 2.30. The molecule has 0 saturated heterocycles. The number of aromatic nitrogens is 2. The Morgan fingerprint density at radius 1 is 0.625 bits per heavy atom. The summed E-state index contributed by atoms with van der Waals surface area (Å²) in [6, 6.07) is 33.3. The fourth-order valence-electron chi connectivity index (χ4n) is 3.75. The van der Waals surface area contributed by atoms with Crippen molar-refractivity contribution in [3.63, 3.8) is 0 Å². The van der Waals surface area contributed by atoms with Crippen molar-refractivity contribution in [3.8, 4) is 5.69 Å². The summed E-state index contributed by atoms with van der Waals surface area (Å²) in [5, 5.41) is 2.24. The van der Waals surface area contributed by atoms with Gasteiger partial charge in [0.15, 0.2) is 0 Å². The molecule has 0 fully saturated rings. The Kier molecular flexibility index (Phi) is 5.28. The van der Waals surface area contributed by atoms with Crippen LogP contribution in [0.2, 0.25) is 0 Å². The number of nitrogens with zero attached hydrogens (tertiary/aromatic N) is 2. The molecule has 0 spiro atoms. The highest BCUT2D eigenvalue weighted by atomic mass is 31.1. The molecule has 0 amide bonds. The van der Waals surface area contributed by atoms with E-state index in [4.69, 9.17) is 4.98 Å². The van der Waals surface area contributed by atoms with Gasteiger partial charge < -0.3 is 0 Å². The van der Waals surface area contributed by atoms with Crippen molar-refractivity contribution < 1.29 is 13.2 Å². The molecule has 6 heteroatoms. The number of halogens is 3. The minimum absolute atomic E-state index is 0.654. The van der Waals surface area contributed by atoms with E-state index in [0.29, 0.717) is 5.69 Å². The average Bonchev–Trinajstić information content (AvgIpc) is 3.19. The Hall–Kier alpha value is -3.43. The van der Waals surface area contributed by atoms with Crippen LogP contribution in [-0.2, 0) is 6.18 Å². The highest BCUT2D eigenvalue weighted by molar-refractivity contribution is 7.79. The highest BCUT2D eigenvalue weighted by Crippen LogP contribution is 2.36. The molecule has 0 atom stereocenters. The van der Waals surface area contributed by atoms with Crippen LogP contribution in [0.15, 0.2) is 109 Å². The minimum atomic E-state index is -4.38. The van der Waals surface area contributed by atoms with E-state index in [1.165, 1.54) is 12.1 Å². The first-order valence-electron chi connectivity index (χ1n) is 10.1. The van der Waals surface area contributed by atoms with Gasteiger partial charge in [0.25, 0.3) is 0 Å². The van der Waals surface area contributed by atoms with E-state index >= 15 is 0 Å². The number of benzene rings is 4. The van der Waals surface area contributed by atoms with E-state index in [-0.39, 0.29) is 0 Å². The molecule has 2 nitrogen and oxygen atoms in total. The molecular weight excluding hydrogens is 428 g/mol. The van der Waals surface area contributed by atoms with Crippen molar-refractivity contribution in [1.82, 2.24) is 9.55 Å². The second-order valence-corrected chi connectivity index (χ2v) is 9.39. The van der Waals surface area contributed by atoms with E-state index in [9.17, 15) is 13.2 Å². The summed E-state index contributed by atoms with van der Waals surface area (Å²) in [7, 11) is -1.04. The van der Waals surface area contributed by atoms with Crippen LogP contribution in [-0.4, -0.2) is 9.55 Å². The largest absolute Gasteiger partial charge is 0.416 e. The Morgan fingerprint density at radius 2 is 1.16 bits per heavy atom. The van der Waals surface area contributed by atoms with E-state index < -0.39 is 19.7 Å². The molecule has 5 aromatic rings. The molecule has 5 rings (SSSR count). The Morgan fingerprint density at radius 3 is 1.72 bits per heavy atom. The lowest BCUT2D eigenvalue weighted by Gasteiger charge is -2.20. The fraction of sp³-hybridized carbons (Fsp3) is 0.0385. The molecule has 1 aromatic heterocycles. The van der Waals surface area contributed by atoms with Crippen molar-refractivity contribution in [2.45, 2.75) is 6.18 Å². The van der Waals surface area contributed by atoms with Gasteiger partial charge in [-0.1, -0.05) is 72.8 Å². The first-order valence-corrected chi connectivity index (χ1v) is 11.4. The van der Waals surface area contributed by atoms with Gasteiger partial charge in [-0.2, -0.15) is 13.2 Å². The second-order valence-electron chi connectivity index (χ2n) is 7.29. The molecule has 4 aromatic carbocycles. The summed E-state index contributed by atoms with van der Waals surface area (Å²) >= 11 is 0. The lowest BCUT2D eigenvalue weighted by atomic mass is 10.2. The minimum Gasteiger partial charge on any atom is -0.292 e. The Balaban J connectivity index is 1.77. The lowest BCUT2D eigenvalue weighted by molar-refractivity contribution is -0.137. The van der Waals surface area contributed by atoms with Crippen molar-refractivity contribution in [2.75, 3.05) is 0 Å². The van der Waals surface area contributed by atoms with Gasteiger partial charge in [-0.15, -0.1) is 0 Å². The van der Waals surface area contributed by atoms with Crippen LogP contribution in [0.5, 0.6) is 0 Å². The summed E-state index contributed by atoms with van der Waals surface area (Å²) in [4.78, 5) is 4.98. The molecule has 0 aliphatic rings. The molecule has 0 saturated carbocycles. The maximum absolute atomic E-state index is 13.1. The third kappa shape index (κ3) is 3.80. The van der Waals surface area contributed by atoms with E-state index in [1.54, 1.807) is 0 Å². The normalized spacial score (nSPS) is 11.9. The van der Waals surface area contributed by atoms with Crippen LogP contribution < -0.4 is 16.2 Å². The third-order valence-electron chi connectivity index (χ3n) is 5.22. The van der Waals surface area contributed by atoms with Gasteiger partial charge >= 0.3 is 6.18 Å². The quantitative estimate of drug-likeness (QED) is 0.319. The second kappa shape index (κ2) is 8.25. The monoisotopic (exact) mass is 446 g/mol. The maximum Gasteiger partial charge on any atom is 0.416 e. The topological polar surface area (TPSA) is 17.8 Å². The standard InChI is InChI=1S/C26H18F3N2P/c27-26(28,29)19-15-17-20(18-16-19)31-24-14-8-7-13-23(24)30-25(31)32(21-9-3-1-4-10-21)22-11-5-2-6-12-22/h1-18H. The van der Waals surface area contributed by atoms with Gasteiger partial charge in [-0.05, 0) is 47.0 Å². The van der Waals surface area contributed by atoms with Crippen molar-refractivity contribution in [3.05, 3.63) is 115 Å². The summed E-state index contributed by atoms with van der Waals surface area (Å²) in [6.07, 6.45) is -4.38. The number of imidazole rings is 1. The number of hydrogen-bond donors (Lipinski definition) is 0. The number of para-hydroxylation sites is 2. The zero-order chi connectivity index (χ0) is 22.1. The number of fused-ring (bicyclic) bond motifs is 1. The van der Waals surface area contributed by atoms with E-state index in [2.05, 4.69) is 24.3 Å². The Labute approximate surface area is 184 Å². The van der Waals surface area contributed by atoms with E-state index in [0.717, 1.165) is 39.3 Å². The molecule has 1 heterocycles. The smallest absolute Gasteiger partial charge is 0.292 e. The molecule has 0 bridgehead atoms. The van der Waals surface area contributed by atoms with Gasteiger partial charge in [0.1, 0.15) is 5.57 Å². The van der Waals surface area contributed by atoms with Crippen LogP contribution in [0.1, 0.15) is 5.56 Å². The third-order valence-corrected chi connectivity index (χ3v) is 7.55. The molecular formula is C26H18F3N2P. The lowest BCUT2D eigenvalue weighted by Crippen LogP contribution is -2.27. The molecule has 0 N–H and O–H groups in total. The van der Waals surface area contributed by atoms with Crippen molar-refractivity contribution in [2.24, 2.45) is 0 Å².